The van der Waals surface area contributed by atoms with Gasteiger partial charge in [0.1, 0.15) is 0 Å². The lowest BCUT2D eigenvalue weighted by molar-refractivity contribution is -0.126. The average Bonchev–Trinajstić information content (AvgIpc) is 2.38. The van der Waals surface area contributed by atoms with Gasteiger partial charge in [0, 0.05) is 12.6 Å². The molecule has 1 atom stereocenters. The normalized spacial score (nSPS) is 19.3. The molecule has 100 valence electrons. The molecule has 0 saturated carbocycles. The first-order valence-electron chi connectivity index (χ1n) is 6.94. The molecule has 0 aliphatic carbocycles. The highest BCUT2D eigenvalue weighted by Crippen LogP contribution is 2.14. The lowest BCUT2D eigenvalue weighted by atomic mass is 10.0. The Morgan fingerprint density at radius 1 is 1.41 bits per heavy atom. The molecule has 0 aromatic carbocycles. The van der Waals surface area contributed by atoms with Crippen molar-refractivity contribution in [1.29, 1.82) is 0 Å². The SMILES string of the molecule is CCCNC(=O)C(C)N(CC)C1CCNCC1. The largest absolute Gasteiger partial charge is 0.355 e. The number of hydrogen-bond donors (Lipinski definition) is 2. The quantitative estimate of drug-likeness (QED) is 0.728. The second kappa shape index (κ2) is 7.67. The molecule has 4 nitrogen and oxygen atoms in total. The molecule has 1 fully saturated rings. The Balaban J connectivity index is 2.49. The molecule has 1 saturated heterocycles. The Morgan fingerprint density at radius 3 is 2.59 bits per heavy atom. The van der Waals surface area contributed by atoms with Gasteiger partial charge in [-0.1, -0.05) is 13.8 Å². The van der Waals surface area contributed by atoms with Crippen LogP contribution in [-0.2, 0) is 4.79 Å². The molecule has 0 aromatic heterocycles. The van der Waals surface area contributed by atoms with Gasteiger partial charge in [-0.15, -0.1) is 0 Å². The van der Waals surface area contributed by atoms with Gasteiger partial charge < -0.3 is 10.6 Å². The number of piperidine rings is 1. The van der Waals surface area contributed by atoms with Crippen LogP contribution in [0.1, 0.15) is 40.0 Å². The fourth-order valence-electron chi connectivity index (χ4n) is 2.53. The summed E-state index contributed by atoms with van der Waals surface area (Å²) in [5, 5.41) is 6.36. The highest BCUT2D eigenvalue weighted by atomic mass is 16.2. The van der Waals surface area contributed by atoms with E-state index in [9.17, 15) is 4.79 Å². The molecule has 4 heteroatoms. The minimum Gasteiger partial charge on any atom is -0.355 e. The molecule has 0 bridgehead atoms. The fourth-order valence-corrected chi connectivity index (χ4v) is 2.53. The van der Waals surface area contributed by atoms with Crippen LogP contribution in [0.3, 0.4) is 0 Å². The minimum absolute atomic E-state index is 0.00495. The van der Waals surface area contributed by atoms with E-state index in [2.05, 4.69) is 29.4 Å². The first kappa shape index (κ1) is 14.5. The number of hydrogen-bond acceptors (Lipinski definition) is 3. The third-order valence-electron chi connectivity index (χ3n) is 3.57. The first-order chi connectivity index (χ1) is 8.20. The van der Waals surface area contributed by atoms with Crippen molar-refractivity contribution in [2.45, 2.75) is 52.1 Å². The maximum absolute atomic E-state index is 12.0. The summed E-state index contributed by atoms with van der Waals surface area (Å²) >= 11 is 0. The molecule has 1 aliphatic rings. The molecule has 1 rings (SSSR count). The van der Waals surface area contributed by atoms with E-state index in [4.69, 9.17) is 0 Å². The van der Waals surface area contributed by atoms with E-state index in [0.29, 0.717) is 6.04 Å². The van der Waals surface area contributed by atoms with E-state index in [1.54, 1.807) is 0 Å². The van der Waals surface area contributed by atoms with E-state index < -0.39 is 0 Å². The maximum atomic E-state index is 12.0. The molecule has 1 aliphatic heterocycles. The number of carbonyl (C=O) groups excluding carboxylic acids is 1. The lowest BCUT2D eigenvalue weighted by Crippen LogP contribution is -2.52. The Hall–Kier alpha value is -0.610. The Bertz CT molecular complexity index is 227. The van der Waals surface area contributed by atoms with Crippen molar-refractivity contribution in [2.75, 3.05) is 26.2 Å². The number of rotatable bonds is 6. The second-order valence-corrected chi connectivity index (χ2v) is 4.78. The van der Waals surface area contributed by atoms with Crippen LogP contribution in [0, 0.1) is 0 Å². The van der Waals surface area contributed by atoms with Crippen LogP contribution in [0.2, 0.25) is 0 Å². The minimum atomic E-state index is -0.00495. The summed E-state index contributed by atoms with van der Waals surface area (Å²) in [4.78, 5) is 14.3. The van der Waals surface area contributed by atoms with Crippen molar-refractivity contribution in [2.24, 2.45) is 0 Å². The van der Waals surface area contributed by atoms with Crippen LogP contribution in [0.4, 0.5) is 0 Å². The monoisotopic (exact) mass is 241 g/mol. The summed E-state index contributed by atoms with van der Waals surface area (Å²) in [5.74, 6) is 0.173. The van der Waals surface area contributed by atoms with Gasteiger partial charge in [-0.3, -0.25) is 9.69 Å². The first-order valence-corrected chi connectivity index (χ1v) is 6.94. The zero-order valence-electron chi connectivity index (χ0n) is 11.5. The van der Waals surface area contributed by atoms with Gasteiger partial charge in [-0.25, -0.2) is 0 Å². The molecule has 0 spiro atoms. The molecule has 1 heterocycles. The van der Waals surface area contributed by atoms with Crippen LogP contribution >= 0.6 is 0 Å². The van der Waals surface area contributed by atoms with Crippen molar-refractivity contribution < 1.29 is 4.79 Å². The van der Waals surface area contributed by atoms with Crippen LogP contribution in [-0.4, -0.2) is 49.1 Å². The summed E-state index contributed by atoms with van der Waals surface area (Å²) in [6, 6.07) is 0.554. The zero-order valence-corrected chi connectivity index (χ0v) is 11.5. The Morgan fingerprint density at radius 2 is 2.06 bits per heavy atom. The van der Waals surface area contributed by atoms with Crippen molar-refractivity contribution in [1.82, 2.24) is 15.5 Å². The smallest absolute Gasteiger partial charge is 0.237 e. The molecule has 0 aromatic rings. The number of amides is 1. The predicted octanol–water partition coefficient (Wildman–Crippen LogP) is 0.975. The van der Waals surface area contributed by atoms with Crippen molar-refractivity contribution in [3.05, 3.63) is 0 Å². The van der Waals surface area contributed by atoms with E-state index in [-0.39, 0.29) is 11.9 Å². The lowest BCUT2D eigenvalue weighted by Gasteiger charge is -2.37. The summed E-state index contributed by atoms with van der Waals surface area (Å²) < 4.78 is 0. The molecular formula is C13H27N3O. The van der Waals surface area contributed by atoms with Gasteiger partial charge in [0.25, 0.3) is 0 Å². The van der Waals surface area contributed by atoms with E-state index >= 15 is 0 Å². The molecule has 1 amide bonds. The standard InChI is InChI=1S/C13H27N3O/c1-4-8-15-13(17)11(3)16(5-2)12-6-9-14-10-7-12/h11-12,14H,4-10H2,1-3H3,(H,15,17). The van der Waals surface area contributed by atoms with Gasteiger partial charge in [0.2, 0.25) is 5.91 Å². The van der Waals surface area contributed by atoms with Crippen molar-refractivity contribution in [3.63, 3.8) is 0 Å². The molecule has 0 radical (unpaired) electrons. The Labute approximate surface area is 105 Å². The van der Waals surface area contributed by atoms with Crippen LogP contribution < -0.4 is 10.6 Å². The summed E-state index contributed by atoms with van der Waals surface area (Å²) in [6.45, 7) is 10.1. The highest BCUT2D eigenvalue weighted by Gasteiger charge is 2.27. The van der Waals surface area contributed by atoms with Crippen LogP contribution in [0.15, 0.2) is 0 Å². The molecular weight excluding hydrogens is 214 g/mol. The third-order valence-corrected chi connectivity index (χ3v) is 3.57. The van der Waals surface area contributed by atoms with Gasteiger partial charge in [-0.2, -0.15) is 0 Å². The van der Waals surface area contributed by atoms with E-state index in [1.807, 2.05) is 6.92 Å². The van der Waals surface area contributed by atoms with Crippen LogP contribution in [0.25, 0.3) is 0 Å². The van der Waals surface area contributed by atoms with Crippen LogP contribution in [0.5, 0.6) is 0 Å². The number of likely N-dealkylation sites (N-methyl/N-ethyl adjacent to an activating group) is 1. The van der Waals surface area contributed by atoms with E-state index in [0.717, 1.165) is 45.4 Å². The molecule has 17 heavy (non-hydrogen) atoms. The number of nitrogens with zero attached hydrogens (tertiary/aromatic N) is 1. The Kier molecular flexibility index (Phi) is 6.52. The topological polar surface area (TPSA) is 44.4 Å². The highest BCUT2D eigenvalue weighted by molar-refractivity contribution is 5.81. The number of carbonyl (C=O) groups is 1. The van der Waals surface area contributed by atoms with Crippen molar-refractivity contribution in [3.8, 4) is 0 Å². The zero-order chi connectivity index (χ0) is 12.7. The maximum Gasteiger partial charge on any atom is 0.237 e. The third kappa shape index (κ3) is 4.28. The summed E-state index contributed by atoms with van der Waals surface area (Å²) in [6.07, 6.45) is 3.30. The summed E-state index contributed by atoms with van der Waals surface area (Å²) in [7, 11) is 0. The van der Waals surface area contributed by atoms with Gasteiger partial charge >= 0.3 is 0 Å². The predicted molar refractivity (Wildman–Crippen MR) is 71.0 cm³/mol. The fraction of sp³-hybridized carbons (Fsp3) is 0.923. The van der Waals surface area contributed by atoms with Crippen molar-refractivity contribution >= 4 is 5.91 Å². The van der Waals surface area contributed by atoms with E-state index in [1.165, 1.54) is 0 Å². The van der Waals surface area contributed by atoms with Gasteiger partial charge in [-0.05, 0) is 45.8 Å². The second-order valence-electron chi connectivity index (χ2n) is 4.78. The molecule has 1 unspecified atom stereocenters. The van der Waals surface area contributed by atoms with Gasteiger partial charge in [0.05, 0.1) is 6.04 Å². The number of nitrogens with one attached hydrogen (secondary N) is 2. The summed E-state index contributed by atoms with van der Waals surface area (Å²) in [5.41, 5.74) is 0. The average molecular weight is 241 g/mol. The molecule has 2 N–H and O–H groups in total. The van der Waals surface area contributed by atoms with Gasteiger partial charge in [0.15, 0.2) is 0 Å².